The van der Waals surface area contributed by atoms with E-state index >= 15 is 0 Å². The predicted octanol–water partition coefficient (Wildman–Crippen LogP) is 4.93. The van der Waals surface area contributed by atoms with Gasteiger partial charge in [0.15, 0.2) is 0 Å². The molecule has 1 atom stereocenters. The number of allylic oxidation sites excluding steroid dienone is 12. The molecule has 0 fully saturated rings. The van der Waals surface area contributed by atoms with Crippen molar-refractivity contribution in [3.8, 4) is 0 Å². The molecule has 0 aromatic rings. The van der Waals surface area contributed by atoms with Gasteiger partial charge < -0.3 is 20.7 Å². The van der Waals surface area contributed by atoms with Gasteiger partial charge in [-0.15, -0.1) is 0 Å². The van der Waals surface area contributed by atoms with E-state index in [1.165, 1.54) is 7.11 Å². The van der Waals surface area contributed by atoms with Crippen LogP contribution in [0, 0.1) is 0 Å². The molecule has 8 nitrogen and oxygen atoms in total. The van der Waals surface area contributed by atoms with Gasteiger partial charge in [0.05, 0.1) is 7.11 Å². The van der Waals surface area contributed by atoms with Crippen LogP contribution in [0.2, 0.25) is 0 Å². The molecule has 220 valence electrons. The first kappa shape index (κ1) is 36.1. The Morgan fingerprint density at radius 3 is 1.65 bits per heavy atom. The molecule has 0 saturated heterocycles. The van der Waals surface area contributed by atoms with Crippen molar-refractivity contribution in [3.05, 3.63) is 85.1 Å². The van der Waals surface area contributed by atoms with Crippen molar-refractivity contribution in [2.24, 2.45) is 0 Å². The molecule has 40 heavy (non-hydrogen) atoms. The molecule has 0 spiro atoms. The molecule has 8 heteroatoms. The number of rotatable bonds is 21. The smallest absolute Gasteiger partial charge is 0.330 e. The monoisotopic (exact) mass is 553 g/mol. The molecule has 0 aliphatic heterocycles. The number of hydrogen-bond acceptors (Lipinski definition) is 5. The second-order valence-electron chi connectivity index (χ2n) is 8.68. The van der Waals surface area contributed by atoms with Crippen LogP contribution >= 0.6 is 0 Å². The Morgan fingerprint density at radius 2 is 1.15 bits per heavy atom. The maximum Gasteiger partial charge on any atom is 0.330 e. The minimum atomic E-state index is -0.687. The minimum Gasteiger partial charge on any atom is -0.466 e. The number of ether oxygens (including phenoxy) is 1. The number of esters is 1. The fourth-order valence-corrected chi connectivity index (χ4v) is 3.03. The molecular formula is C32H47N3O5. The Morgan fingerprint density at radius 1 is 0.675 bits per heavy atom. The Kier molecular flexibility index (Phi) is 24.0. The number of nitrogens with one attached hydrogen (secondary N) is 3. The van der Waals surface area contributed by atoms with Crippen molar-refractivity contribution in [1.29, 1.82) is 0 Å². The number of amides is 3. The number of carbonyl (C=O) groups is 4. The molecule has 0 heterocycles. The zero-order chi connectivity index (χ0) is 29.7. The molecular weight excluding hydrogens is 506 g/mol. The van der Waals surface area contributed by atoms with Crippen LogP contribution in [0.1, 0.15) is 65.2 Å². The highest BCUT2D eigenvalue weighted by molar-refractivity contribution is 5.94. The van der Waals surface area contributed by atoms with E-state index in [0.29, 0.717) is 12.8 Å². The normalized spacial score (nSPS) is 13.0. The quantitative estimate of drug-likeness (QED) is 0.0807. The molecule has 0 aliphatic rings. The van der Waals surface area contributed by atoms with E-state index in [-0.39, 0.29) is 24.9 Å². The van der Waals surface area contributed by atoms with Crippen LogP contribution in [0.3, 0.4) is 0 Å². The molecule has 3 N–H and O–H groups in total. The third-order valence-electron chi connectivity index (χ3n) is 5.20. The zero-order valence-electron chi connectivity index (χ0n) is 24.3. The molecule has 0 aliphatic carbocycles. The van der Waals surface area contributed by atoms with Gasteiger partial charge >= 0.3 is 5.97 Å². The van der Waals surface area contributed by atoms with Gasteiger partial charge in [-0.3, -0.25) is 14.4 Å². The van der Waals surface area contributed by atoms with E-state index in [1.807, 2.05) is 12.2 Å². The Bertz CT molecular complexity index is 942. The number of methoxy groups -OCH3 is 1. The first-order chi connectivity index (χ1) is 19.4. The third kappa shape index (κ3) is 24.4. The van der Waals surface area contributed by atoms with Gasteiger partial charge in [0.25, 0.3) is 0 Å². The summed E-state index contributed by atoms with van der Waals surface area (Å²) >= 11 is 0. The Hall–Kier alpha value is -3.94. The van der Waals surface area contributed by atoms with Gasteiger partial charge in [0, 0.05) is 31.7 Å². The summed E-state index contributed by atoms with van der Waals surface area (Å²) in [7, 11) is 1.21. The lowest BCUT2D eigenvalue weighted by Crippen LogP contribution is -2.46. The Labute approximate surface area is 240 Å². The van der Waals surface area contributed by atoms with Crippen molar-refractivity contribution < 1.29 is 23.9 Å². The van der Waals surface area contributed by atoms with Gasteiger partial charge in [-0.2, -0.15) is 0 Å². The summed E-state index contributed by atoms with van der Waals surface area (Å²) in [6.07, 6.45) is 34.3. The fourth-order valence-electron chi connectivity index (χ4n) is 3.03. The summed E-state index contributed by atoms with van der Waals surface area (Å²) in [5.74, 6) is -1.66. The largest absolute Gasteiger partial charge is 0.466 e. The van der Waals surface area contributed by atoms with Gasteiger partial charge in [-0.1, -0.05) is 79.8 Å². The van der Waals surface area contributed by atoms with Gasteiger partial charge in [0.2, 0.25) is 17.7 Å². The summed E-state index contributed by atoms with van der Waals surface area (Å²) in [5.41, 5.74) is 0. The maximum atomic E-state index is 12.1. The van der Waals surface area contributed by atoms with Gasteiger partial charge in [0.1, 0.15) is 6.04 Å². The third-order valence-corrected chi connectivity index (χ3v) is 5.20. The second kappa shape index (κ2) is 26.7. The van der Waals surface area contributed by atoms with Gasteiger partial charge in [-0.05, 0) is 51.9 Å². The van der Waals surface area contributed by atoms with E-state index in [9.17, 15) is 19.2 Å². The topological polar surface area (TPSA) is 114 Å². The van der Waals surface area contributed by atoms with Crippen LogP contribution in [0.15, 0.2) is 85.1 Å². The first-order valence-corrected chi connectivity index (χ1v) is 13.9. The summed E-state index contributed by atoms with van der Waals surface area (Å²) in [4.78, 5) is 46.6. The fraction of sp³-hybridized carbons (Fsp3) is 0.438. The van der Waals surface area contributed by atoms with Crippen LogP contribution in [0.5, 0.6) is 0 Å². The maximum absolute atomic E-state index is 12.1. The van der Waals surface area contributed by atoms with E-state index < -0.39 is 17.9 Å². The van der Waals surface area contributed by atoms with Crippen molar-refractivity contribution >= 4 is 23.7 Å². The second-order valence-corrected chi connectivity index (χ2v) is 8.68. The van der Waals surface area contributed by atoms with E-state index in [1.54, 1.807) is 6.92 Å². The van der Waals surface area contributed by atoms with Crippen molar-refractivity contribution in [2.45, 2.75) is 71.3 Å². The SMILES string of the molecule is CCC=CCC=CCC=CCC=CCC=CCC=CCCC(=O)NC(C)C(=O)NCCNC(=O)C=CC(=O)OC. The Balaban J connectivity index is 3.85. The average Bonchev–Trinajstić information content (AvgIpc) is 2.94. The summed E-state index contributed by atoms with van der Waals surface area (Å²) in [6, 6.07) is -0.687. The standard InChI is InChI=1S/C32H47N3O5/c1-4-5-6-7-8-9-10-11-12-13-14-15-16-17-18-19-20-21-22-23-30(37)35-28(2)32(39)34-27-26-33-29(36)24-25-31(38)40-3/h5-6,8-9,11-12,14-15,17-18,20-21,24-25,28H,4,7,10,13,16,19,22-23,26-27H2,1-3H3,(H,33,36)(H,34,39)(H,35,37). The summed E-state index contributed by atoms with van der Waals surface area (Å²) < 4.78 is 4.39. The number of carbonyl (C=O) groups excluding carboxylic acids is 4. The van der Waals surface area contributed by atoms with E-state index in [4.69, 9.17) is 0 Å². The van der Waals surface area contributed by atoms with Crippen LogP contribution in [-0.2, 0) is 23.9 Å². The number of hydrogen-bond donors (Lipinski definition) is 3. The van der Waals surface area contributed by atoms with Crippen molar-refractivity contribution in [2.75, 3.05) is 20.2 Å². The molecule has 3 amide bonds. The molecule has 0 saturated carbocycles. The van der Waals surface area contributed by atoms with Crippen LogP contribution < -0.4 is 16.0 Å². The van der Waals surface area contributed by atoms with Crippen LogP contribution in [0.4, 0.5) is 0 Å². The highest BCUT2D eigenvalue weighted by Crippen LogP contribution is 1.98. The summed E-state index contributed by atoms with van der Waals surface area (Å²) in [6.45, 7) is 4.11. The van der Waals surface area contributed by atoms with E-state index in [0.717, 1.165) is 50.7 Å². The zero-order valence-corrected chi connectivity index (χ0v) is 24.3. The van der Waals surface area contributed by atoms with Crippen molar-refractivity contribution in [1.82, 2.24) is 16.0 Å². The lowest BCUT2D eigenvalue weighted by atomic mass is 10.2. The molecule has 0 aromatic carbocycles. The summed E-state index contributed by atoms with van der Waals surface area (Å²) in [5, 5.41) is 7.81. The van der Waals surface area contributed by atoms with Crippen molar-refractivity contribution in [3.63, 3.8) is 0 Å². The highest BCUT2D eigenvalue weighted by Gasteiger charge is 2.14. The van der Waals surface area contributed by atoms with Gasteiger partial charge in [-0.25, -0.2) is 4.79 Å². The van der Waals surface area contributed by atoms with Crippen LogP contribution in [0.25, 0.3) is 0 Å². The molecule has 1 unspecified atom stereocenters. The molecule has 0 bridgehead atoms. The molecule has 0 rings (SSSR count). The first-order valence-electron chi connectivity index (χ1n) is 13.9. The minimum absolute atomic E-state index is 0.180. The van der Waals surface area contributed by atoms with Crippen LogP contribution in [-0.4, -0.2) is 49.9 Å². The molecule has 0 aromatic heterocycles. The molecule has 0 radical (unpaired) electrons. The lowest BCUT2D eigenvalue weighted by molar-refractivity contribution is -0.135. The van der Waals surface area contributed by atoms with E-state index in [2.05, 4.69) is 88.4 Å². The predicted molar refractivity (Wildman–Crippen MR) is 162 cm³/mol. The average molecular weight is 554 g/mol. The lowest BCUT2D eigenvalue weighted by Gasteiger charge is -2.14. The highest BCUT2D eigenvalue weighted by atomic mass is 16.5.